The summed E-state index contributed by atoms with van der Waals surface area (Å²) >= 11 is 5.26. The van der Waals surface area contributed by atoms with Crippen LogP contribution in [0.5, 0.6) is 0 Å². The van der Waals surface area contributed by atoms with E-state index in [2.05, 4.69) is 28.3 Å². The molecule has 1 aromatic rings. The van der Waals surface area contributed by atoms with Crippen molar-refractivity contribution in [2.24, 2.45) is 0 Å². The molecule has 11 heavy (non-hydrogen) atoms. The minimum absolute atomic E-state index is 0.807. The predicted molar refractivity (Wildman–Crippen MR) is 55.8 cm³/mol. The van der Waals surface area contributed by atoms with Gasteiger partial charge in [-0.1, -0.05) is 22.0 Å². The van der Waals surface area contributed by atoms with Crippen LogP contribution in [0.25, 0.3) is 0 Å². The van der Waals surface area contributed by atoms with Crippen LogP contribution >= 0.6 is 27.7 Å². The van der Waals surface area contributed by atoms with Gasteiger partial charge in [0.05, 0.1) is 0 Å². The highest BCUT2D eigenvalue weighted by Crippen LogP contribution is 2.22. The summed E-state index contributed by atoms with van der Waals surface area (Å²) in [6, 6.07) is 5.91. The van der Waals surface area contributed by atoms with Gasteiger partial charge in [-0.15, -0.1) is 0 Å². The van der Waals surface area contributed by atoms with Gasteiger partial charge in [0.2, 0.25) is 0 Å². The number of anilines is 1. The van der Waals surface area contributed by atoms with E-state index in [0.717, 1.165) is 15.9 Å². The maximum absolute atomic E-state index is 5.59. The Hall–Kier alpha value is -0.150. The second-order valence-electron chi connectivity index (χ2n) is 2.28. The van der Waals surface area contributed by atoms with Crippen molar-refractivity contribution in [2.45, 2.75) is 5.75 Å². The average molecular weight is 232 g/mol. The van der Waals surface area contributed by atoms with E-state index in [0.29, 0.717) is 0 Å². The van der Waals surface area contributed by atoms with Crippen LogP contribution in [0.2, 0.25) is 0 Å². The lowest BCUT2D eigenvalue weighted by Gasteiger charge is -2.02. The number of nitrogens with two attached hydrogens (primary N) is 1. The van der Waals surface area contributed by atoms with Crippen LogP contribution < -0.4 is 5.73 Å². The molecule has 1 rings (SSSR count). The first kappa shape index (κ1) is 8.94. The van der Waals surface area contributed by atoms with Gasteiger partial charge in [0.1, 0.15) is 0 Å². The van der Waals surface area contributed by atoms with Gasteiger partial charge in [0.15, 0.2) is 0 Å². The third kappa shape index (κ3) is 2.42. The molecule has 0 radical (unpaired) electrons. The highest BCUT2D eigenvalue weighted by atomic mass is 79.9. The van der Waals surface area contributed by atoms with Crippen LogP contribution in [0.3, 0.4) is 0 Å². The minimum atomic E-state index is 0.807. The quantitative estimate of drug-likeness (QED) is 0.793. The van der Waals surface area contributed by atoms with Crippen LogP contribution in [0.1, 0.15) is 5.56 Å². The van der Waals surface area contributed by atoms with Gasteiger partial charge in [-0.05, 0) is 24.0 Å². The van der Waals surface area contributed by atoms with Crippen LogP contribution in [-0.2, 0) is 5.75 Å². The van der Waals surface area contributed by atoms with Crippen LogP contribution in [0.4, 0.5) is 5.69 Å². The lowest BCUT2D eigenvalue weighted by Crippen LogP contribution is -1.87. The fourth-order valence-corrected chi connectivity index (χ4v) is 2.12. The summed E-state index contributed by atoms with van der Waals surface area (Å²) < 4.78 is 1.10. The van der Waals surface area contributed by atoms with Crippen molar-refractivity contribution in [1.82, 2.24) is 0 Å². The molecule has 0 aliphatic heterocycles. The first-order valence-electron chi connectivity index (χ1n) is 3.27. The molecule has 0 heterocycles. The summed E-state index contributed by atoms with van der Waals surface area (Å²) in [5.41, 5.74) is 7.69. The van der Waals surface area contributed by atoms with Gasteiger partial charge in [-0.2, -0.15) is 11.8 Å². The van der Waals surface area contributed by atoms with E-state index >= 15 is 0 Å². The smallest absolute Gasteiger partial charge is 0.0325 e. The van der Waals surface area contributed by atoms with E-state index < -0.39 is 0 Å². The van der Waals surface area contributed by atoms with Crippen molar-refractivity contribution >= 4 is 33.4 Å². The van der Waals surface area contributed by atoms with Crippen molar-refractivity contribution in [3.05, 3.63) is 28.2 Å². The number of benzene rings is 1. The zero-order valence-corrected chi connectivity index (χ0v) is 8.71. The molecular weight excluding hydrogens is 222 g/mol. The summed E-state index contributed by atoms with van der Waals surface area (Å²) in [5, 5.41) is 0. The van der Waals surface area contributed by atoms with Gasteiger partial charge in [0.25, 0.3) is 0 Å². The molecule has 0 bridgehead atoms. The molecule has 0 saturated heterocycles. The molecule has 0 atom stereocenters. The van der Waals surface area contributed by atoms with E-state index in [9.17, 15) is 0 Å². The summed E-state index contributed by atoms with van der Waals surface area (Å²) in [6.07, 6.45) is 2.09. The largest absolute Gasteiger partial charge is 0.399 e. The summed E-state index contributed by atoms with van der Waals surface area (Å²) in [6.45, 7) is 0. The third-order valence-electron chi connectivity index (χ3n) is 1.38. The second kappa shape index (κ2) is 4.02. The Labute approximate surface area is 79.5 Å². The molecule has 0 unspecified atom stereocenters. The molecule has 0 fully saturated rings. The zero-order valence-electron chi connectivity index (χ0n) is 6.30. The number of hydrogen-bond acceptors (Lipinski definition) is 2. The number of thioether (sulfide) groups is 1. The zero-order chi connectivity index (χ0) is 8.27. The molecular formula is C8H10BrNS. The van der Waals surface area contributed by atoms with Gasteiger partial charge in [-0.25, -0.2) is 0 Å². The maximum atomic E-state index is 5.59. The first-order chi connectivity index (χ1) is 5.24. The van der Waals surface area contributed by atoms with Gasteiger partial charge >= 0.3 is 0 Å². The Morgan fingerprint density at radius 3 is 2.82 bits per heavy atom. The molecule has 0 saturated carbocycles. The number of hydrogen-bond donors (Lipinski definition) is 1. The van der Waals surface area contributed by atoms with E-state index in [-0.39, 0.29) is 0 Å². The van der Waals surface area contributed by atoms with E-state index in [1.165, 1.54) is 5.56 Å². The molecule has 3 heteroatoms. The fourth-order valence-electron chi connectivity index (χ4n) is 0.836. The number of nitrogen functional groups attached to an aromatic ring is 1. The number of halogens is 1. The second-order valence-corrected chi connectivity index (χ2v) is 4.00. The fraction of sp³-hybridized carbons (Fsp3) is 0.250. The maximum Gasteiger partial charge on any atom is 0.0325 e. The number of rotatable bonds is 2. The minimum Gasteiger partial charge on any atom is -0.399 e. The Kier molecular flexibility index (Phi) is 3.27. The van der Waals surface area contributed by atoms with Crippen molar-refractivity contribution < 1.29 is 0 Å². The van der Waals surface area contributed by atoms with Crippen molar-refractivity contribution in [2.75, 3.05) is 12.0 Å². The van der Waals surface area contributed by atoms with Gasteiger partial charge < -0.3 is 5.73 Å². The van der Waals surface area contributed by atoms with E-state index in [4.69, 9.17) is 5.73 Å². The molecule has 0 aliphatic carbocycles. The summed E-state index contributed by atoms with van der Waals surface area (Å²) in [5.74, 6) is 1.03. The molecule has 0 spiro atoms. The van der Waals surface area contributed by atoms with Crippen LogP contribution in [0, 0.1) is 0 Å². The standard InChI is InChI=1S/C8H10BrNS/c1-11-5-6-2-3-7(10)4-8(6)9/h2-4H,5,10H2,1H3. The molecule has 0 aliphatic rings. The highest BCUT2D eigenvalue weighted by Gasteiger charge is 1.97. The molecule has 1 aromatic carbocycles. The molecule has 1 nitrogen and oxygen atoms in total. The van der Waals surface area contributed by atoms with E-state index in [1.807, 2.05) is 12.1 Å². The molecule has 0 aromatic heterocycles. The summed E-state index contributed by atoms with van der Waals surface area (Å²) in [7, 11) is 0. The lowest BCUT2D eigenvalue weighted by atomic mass is 10.2. The SMILES string of the molecule is CSCc1ccc(N)cc1Br. The predicted octanol–water partition coefficient (Wildman–Crippen LogP) is 2.89. The average Bonchev–Trinajstić information content (AvgIpc) is 1.95. The molecule has 60 valence electrons. The Balaban J connectivity index is 2.90. The van der Waals surface area contributed by atoms with Crippen LogP contribution in [-0.4, -0.2) is 6.26 Å². The summed E-state index contributed by atoms with van der Waals surface area (Å²) in [4.78, 5) is 0. The van der Waals surface area contributed by atoms with Crippen LogP contribution in [0.15, 0.2) is 22.7 Å². The highest BCUT2D eigenvalue weighted by molar-refractivity contribution is 9.10. The molecule has 0 amide bonds. The van der Waals surface area contributed by atoms with Gasteiger partial charge in [-0.3, -0.25) is 0 Å². The van der Waals surface area contributed by atoms with E-state index in [1.54, 1.807) is 11.8 Å². The van der Waals surface area contributed by atoms with Gasteiger partial charge in [0, 0.05) is 15.9 Å². The normalized spacial score (nSPS) is 10.0. The van der Waals surface area contributed by atoms with Crippen molar-refractivity contribution in [3.63, 3.8) is 0 Å². The van der Waals surface area contributed by atoms with Crippen molar-refractivity contribution in [1.29, 1.82) is 0 Å². The monoisotopic (exact) mass is 231 g/mol. The topological polar surface area (TPSA) is 26.0 Å². The Bertz CT molecular complexity index is 250. The Morgan fingerprint density at radius 2 is 2.27 bits per heavy atom. The van der Waals surface area contributed by atoms with Crippen molar-refractivity contribution in [3.8, 4) is 0 Å². The molecule has 2 N–H and O–H groups in total. The Morgan fingerprint density at radius 1 is 1.55 bits per heavy atom. The third-order valence-corrected chi connectivity index (χ3v) is 2.71. The lowest BCUT2D eigenvalue weighted by molar-refractivity contribution is 1.39. The first-order valence-corrected chi connectivity index (χ1v) is 5.45.